The van der Waals surface area contributed by atoms with Crippen LogP contribution in [-0.4, -0.2) is 50.2 Å². The molecule has 1 saturated heterocycles. The molecule has 3 rings (SSSR count). The number of amides is 1. The summed E-state index contributed by atoms with van der Waals surface area (Å²) in [7, 11) is 3.73. The number of furan rings is 1. The van der Waals surface area contributed by atoms with Crippen LogP contribution < -0.4 is 5.32 Å². The fourth-order valence-corrected chi connectivity index (χ4v) is 3.24. The van der Waals surface area contributed by atoms with Crippen molar-refractivity contribution in [3.05, 3.63) is 47.7 Å². The summed E-state index contributed by atoms with van der Waals surface area (Å²) in [6.45, 7) is 3.73. The zero-order valence-electron chi connectivity index (χ0n) is 15.1. The van der Waals surface area contributed by atoms with E-state index in [9.17, 15) is 4.79 Å². The molecule has 5 heteroatoms. The molecular weight excluding hydrogens is 316 g/mol. The Labute approximate surface area is 149 Å². The van der Waals surface area contributed by atoms with Crippen LogP contribution in [0.2, 0.25) is 0 Å². The number of aryl methyl sites for hydroxylation is 2. The first-order chi connectivity index (χ1) is 12.0. The maximum absolute atomic E-state index is 12.2. The van der Waals surface area contributed by atoms with E-state index in [1.165, 1.54) is 5.56 Å². The standard InChI is InChI=1S/C20H26N2O3/c1-14-4-6-15(7-5-14)18-10-8-16(25-18)9-11-20(23)21-17-12-22(2)13-19(17)24-3/h4-8,10,17,19H,9,11-13H2,1-3H3,(H,21,23)/t17-,19-/m1/s1. The molecule has 25 heavy (non-hydrogen) atoms. The van der Waals surface area contributed by atoms with Crippen molar-refractivity contribution < 1.29 is 13.9 Å². The summed E-state index contributed by atoms with van der Waals surface area (Å²) in [6.07, 6.45) is 1.07. The van der Waals surface area contributed by atoms with Crippen LogP contribution >= 0.6 is 0 Å². The zero-order valence-corrected chi connectivity index (χ0v) is 15.1. The largest absolute Gasteiger partial charge is 0.461 e. The second-order valence-electron chi connectivity index (χ2n) is 6.80. The molecule has 2 aromatic rings. The van der Waals surface area contributed by atoms with Crippen molar-refractivity contribution in [1.82, 2.24) is 10.2 Å². The molecule has 1 aromatic heterocycles. The van der Waals surface area contributed by atoms with Crippen molar-refractivity contribution in [1.29, 1.82) is 0 Å². The van der Waals surface area contributed by atoms with E-state index < -0.39 is 0 Å². The SMILES string of the molecule is CO[C@@H]1CN(C)C[C@H]1NC(=O)CCc1ccc(-c2ccc(C)cc2)o1. The summed E-state index contributed by atoms with van der Waals surface area (Å²) in [4.78, 5) is 14.4. The van der Waals surface area contributed by atoms with Gasteiger partial charge in [0.15, 0.2) is 0 Å². The fourth-order valence-electron chi connectivity index (χ4n) is 3.24. The molecule has 0 unspecified atom stereocenters. The van der Waals surface area contributed by atoms with E-state index in [1.54, 1.807) is 7.11 Å². The van der Waals surface area contributed by atoms with Crippen molar-refractivity contribution in [3.8, 4) is 11.3 Å². The molecule has 134 valence electrons. The van der Waals surface area contributed by atoms with E-state index in [4.69, 9.17) is 9.15 Å². The number of methoxy groups -OCH3 is 1. The van der Waals surface area contributed by atoms with Crippen molar-refractivity contribution >= 4 is 5.91 Å². The van der Waals surface area contributed by atoms with Gasteiger partial charge in [0.1, 0.15) is 11.5 Å². The highest BCUT2D eigenvalue weighted by Gasteiger charge is 2.31. The minimum atomic E-state index is 0.0376. The first-order valence-corrected chi connectivity index (χ1v) is 8.71. The van der Waals surface area contributed by atoms with Crippen LogP contribution in [0.5, 0.6) is 0 Å². The van der Waals surface area contributed by atoms with E-state index in [0.29, 0.717) is 12.8 Å². The third-order valence-electron chi connectivity index (χ3n) is 4.69. The third-order valence-corrected chi connectivity index (χ3v) is 4.69. The molecule has 1 aliphatic rings. The van der Waals surface area contributed by atoms with Crippen LogP contribution in [0.3, 0.4) is 0 Å². The molecule has 0 saturated carbocycles. The van der Waals surface area contributed by atoms with Gasteiger partial charge in [-0.1, -0.05) is 29.8 Å². The van der Waals surface area contributed by atoms with Crippen molar-refractivity contribution in [2.75, 3.05) is 27.2 Å². The number of ether oxygens (including phenoxy) is 1. The molecule has 1 fully saturated rings. The Morgan fingerprint density at radius 3 is 2.72 bits per heavy atom. The number of benzene rings is 1. The summed E-state index contributed by atoms with van der Waals surface area (Å²) < 4.78 is 11.3. The maximum Gasteiger partial charge on any atom is 0.220 e. The Bertz CT molecular complexity index is 708. The normalized spacial score (nSPS) is 20.8. The molecule has 0 radical (unpaired) electrons. The summed E-state index contributed by atoms with van der Waals surface area (Å²) in [5.74, 6) is 1.71. The minimum Gasteiger partial charge on any atom is -0.461 e. The van der Waals surface area contributed by atoms with E-state index in [2.05, 4.69) is 29.3 Å². The number of carbonyl (C=O) groups is 1. The van der Waals surface area contributed by atoms with Gasteiger partial charge >= 0.3 is 0 Å². The number of nitrogens with one attached hydrogen (secondary N) is 1. The topological polar surface area (TPSA) is 54.7 Å². The summed E-state index contributed by atoms with van der Waals surface area (Å²) in [5, 5.41) is 3.08. The number of likely N-dealkylation sites (N-methyl/N-ethyl adjacent to an activating group) is 1. The van der Waals surface area contributed by atoms with Crippen LogP contribution in [0, 0.1) is 6.92 Å². The number of likely N-dealkylation sites (tertiary alicyclic amines) is 1. The van der Waals surface area contributed by atoms with E-state index >= 15 is 0 Å². The Hall–Kier alpha value is -2.11. The first-order valence-electron chi connectivity index (χ1n) is 8.71. The third kappa shape index (κ3) is 4.50. The molecule has 1 aromatic carbocycles. The quantitative estimate of drug-likeness (QED) is 0.877. The van der Waals surface area contributed by atoms with Gasteiger partial charge in [0.05, 0.1) is 12.1 Å². The van der Waals surface area contributed by atoms with Gasteiger partial charge in [-0.05, 0) is 26.1 Å². The van der Waals surface area contributed by atoms with Gasteiger partial charge in [0.2, 0.25) is 5.91 Å². The zero-order chi connectivity index (χ0) is 17.8. The lowest BCUT2D eigenvalue weighted by Crippen LogP contribution is -2.43. The summed E-state index contributed by atoms with van der Waals surface area (Å²) in [6, 6.07) is 12.2. The highest BCUT2D eigenvalue weighted by atomic mass is 16.5. The van der Waals surface area contributed by atoms with Gasteiger partial charge < -0.3 is 19.4 Å². The summed E-state index contributed by atoms with van der Waals surface area (Å²) in [5.41, 5.74) is 2.28. The number of carbonyl (C=O) groups excluding carboxylic acids is 1. The van der Waals surface area contributed by atoms with E-state index in [0.717, 1.165) is 30.2 Å². The second-order valence-corrected chi connectivity index (χ2v) is 6.80. The molecule has 1 amide bonds. The molecule has 1 aliphatic heterocycles. The lowest BCUT2D eigenvalue weighted by molar-refractivity contribution is -0.122. The van der Waals surface area contributed by atoms with Gasteiger partial charge in [-0.2, -0.15) is 0 Å². The Morgan fingerprint density at radius 2 is 2.00 bits per heavy atom. The number of hydrogen-bond donors (Lipinski definition) is 1. The van der Waals surface area contributed by atoms with Crippen LogP contribution in [0.15, 0.2) is 40.8 Å². The molecular formula is C20H26N2O3. The second kappa shape index (κ2) is 7.85. The van der Waals surface area contributed by atoms with Gasteiger partial charge in [-0.15, -0.1) is 0 Å². The highest BCUT2D eigenvalue weighted by molar-refractivity contribution is 5.76. The predicted octanol–water partition coefficient (Wildman–Crippen LogP) is 2.63. The Balaban J connectivity index is 1.52. The van der Waals surface area contributed by atoms with E-state index in [1.807, 2.05) is 31.3 Å². The average molecular weight is 342 g/mol. The average Bonchev–Trinajstić information content (AvgIpc) is 3.20. The molecule has 2 heterocycles. The van der Waals surface area contributed by atoms with Gasteiger partial charge in [0, 0.05) is 38.6 Å². The lowest BCUT2D eigenvalue weighted by atomic mass is 10.1. The number of nitrogens with zero attached hydrogens (tertiary/aromatic N) is 1. The molecule has 0 bridgehead atoms. The fraction of sp³-hybridized carbons (Fsp3) is 0.450. The van der Waals surface area contributed by atoms with Gasteiger partial charge in [-0.25, -0.2) is 0 Å². The molecule has 2 atom stereocenters. The van der Waals surface area contributed by atoms with Crippen molar-refractivity contribution in [2.45, 2.75) is 31.9 Å². The van der Waals surface area contributed by atoms with Crippen molar-refractivity contribution in [3.63, 3.8) is 0 Å². The van der Waals surface area contributed by atoms with Crippen LogP contribution in [0.25, 0.3) is 11.3 Å². The minimum absolute atomic E-state index is 0.0376. The van der Waals surface area contributed by atoms with E-state index in [-0.39, 0.29) is 18.1 Å². The molecule has 0 aliphatic carbocycles. The molecule has 1 N–H and O–H groups in total. The van der Waals surface area contributed by atoms with Crippen LogP contribution in [-0.2, 0) is 16.0 Å². The highest BCUT2D eigenvalue weighted by Crippen LogP contribution is 2.23. The van der Waals surface area contributed by atoms with Crippen molar-refractivity contribution in [2.24, 2.45) is 0 Å². The number of hydrogen-bond acceptors (Lipinski definition) is 4. The van der Waals surface area contributed by atoms with Gasteiger partial charge in [0.25, 0.3) is 0 Å². The summed E-state index contributed by atoms with van der Waals surface area (Å²) >= 11 is 0. The maximum atomic E-state index is 12.2. The molecule has 0 spiro atoms. The van der Waals surface area contributed by atoms with Crippen LogP contribution in [0.4, 0.5) is 0 Å². The van der Waals surface area contributed by atoms with Crippen LogP contribution in [0.1, 0.15) is 17.7 Å². The lowest BCUT2D eigenvalue weighted by Gasteiger charge is -2.18. The van der Waals surface area contributed by atoms with Gasteiger partial charge in [-0.3, -0.25) is 4.79 Å². The smallest absolute Gasteiger partial charge is 0.220 e. The molecule has 5 nitrogen and oxygen atoms in total. The first kappa shape index (κ1) is 17.7. The monoisotopic (exact) mass is 342 g/mol. The predicted molar refractivity (Wildman–Crippen MR) is 97.4 cm³/mol. The Morgan fingerprint density at radius 1 is 1.24 bits per heavy atom. The number of rotatable bonds is 6. The Kier molecular flexibility index (Phi) is 5.56.